The predicted octanol–water partition coefficient (Wildman–Crippen LogP) is 3.94. The second-order valence-electron chi connectivity index (χ2n) is 22.4. The van der Waals surface area contributed by atoms with E-state index in [0.717, 1.165) is 22.3 Å². The number of aryl methyl sites for hydroxylation is 1. The maximum atomic E-state index is 14.8. The first-order valence-corrected chi connectivity index (χ1v) is 32.5. The summed E-state index contributed by atoms with van der Waals surface area (Å²) >= 11 is 3.22. The smallest absolute Gasteiger partial charge is 0.246 e. The molecule has 25 heteroatoms. The van der Waals surface area contributed by atoms with Crippen LogP contribution in [0.4, 0.5) is 0 Å². The number of ether oxygens (including phenoxy) is 5. The number of thioether (sulfide) groups is 2. The van der Waals surface area contributed by atoms with Gasteiger partial charge in [-0.05, 0) is 104 Å². The summed E-state index contributed by atoms with van der Waals surface area (Å²) in [6.07, 6.45) is 0.280. The second kappa shape index (κ2) is 37.5. The lowest BCUT2D eigenvalue weighted by atomic mass is 10.0. The Kier molecular flexibility index (Phi) is 30.4. The summed E-state index contributed by atoms with van der Waals surface area (Å²) in [5.41, 5.74) is 9.83. The normalized spacial score (nSPS) is 15.1. The Morgan fingerprint density at radius 3 is 1.71 bits per heavy atom. The molecular formula is C66H91N9O14S2. The Bertz CT molecular complexity index is 3050. The third kappa shape index (κ3) is 22.8. The van der Waals surface area contributed by atoms with Gasteiger partial charge in [-0.3, -0.25) is 43.2 Å². The summed E-state index contributed by atoms with van der Waals surface area (Å²) < 4.78 is 26.9. The largest absolute Gasteiger partial charge is 0.497 e. The highest BCUT2D eigenvalue weighted by Crippen LogP contribution is 2.24. The van der Waals surface area contributed by atoms with Gasteiger partial charge >= 0.3 is 0 Å². The monoisotopic (exact) mass is 1300 g/mol. The molecule has 0 saturated carbocycles. The van der Waals surface area contributed by atoms with Crippen molar-refractivity contribution in [3.63, 3.8) is 0 Å². The number of nitrogens with two attached hydrogens (primary N) is 1. The molecule has 9 amide bonds. The van der Waals surface area contributed by atoms with E-state index in [2.05, 4.69) is 27.3 Å². The number of hydrogen-bond acceptors (Lipinski definition) is 16. The van der Waals surface area contributed by atoms with E-state index in [-0.39, 0.29) is 49.9 Å². The van der Waals surface area contributed by atoms with Crippen LogP contribution in [0, 0.1) is 0 Å². The van der Waals surface area contributed by atoms with E-state index in [0.29, 0.717) is 71.6 Å². The second-order valence-corrected chi connectivity index (χ2v) is 24.6. The molecule has 496 valence electrons. The first-order chi connectivity index (χ1) is 43.5. The van der Waals surface area contributed by atoms with Gasteiger partial charge in [0.05, 0.1) is 40.1 Å². The molecule has 1 heterocycles. The minimum atomic E-state index is -1.34. The Hall–Kier alpha value is -7.87. The number of benzene rings is 4. The van der Waals surface area contributed by atoms with Crippen molar-refractivity contribution in [1.29, 1.82) is 0 Å². The van der Waals surface area contributed by atoms with Crippen molar-refractivity contribution in [3.8, 4) is 17.2 Å². The topological polar surface area (TPSA) is 287 Å². The van der Waals surface area contributed by atoms with E-state index in [4.69, 9.17) is 29.4 Å². The molecule has 4 aromatic rings. The summed E-state index contributed by atoms with van der Waals surface area (Å²) in [6.45, 7) is 4.85. The zero-order valence-electron chi connectivity index (χ0n) is 54.2. The molecule has 1 aliphatic heterocycles. The van der Waals surface area contributed by atoms with Crippen LogP contribution in [-0.4, -0.2) is 209 Å². The number of hydrogen-bond donors (Lipinski definition) is 5. The van der Waals surface area contributed by atoms with Crippen LogP contribution in [0.15, 0.2) is 97.1 Å². The maximum Gasteiger partial charge on any atom is 0.246 e. The number of likely N-dealkylation sites (N-methyl/N-ethyl adjacent to an activating group) is 3. The van der Waals surface area contributed by atoms with E-state index in [9.17, 15) is 43.2 Å². The van der Waals surface area contributed by atoms with Crippen LogP contribution >= 0.6 is 23.5 Å². The van der Waals surface area contributed by atoms with Crippen LogP contribution in [0.5, 0.6) is 17.2 Å². The van der Waals surface area contributed by atoms with Gasteiger partial charge in [-0.25, -0.2) is 0 Å². The molecule has 23 nitrogen and oxygen atoms in total. The lowest BCUT2D eigenvalue weighted by Gasteiger charge is -2.32. The summed E-state index contributed by atoms with van der Waals surface area (Å²) in [5.74, 6) is -0.215. The van der Waals surface area contributed by atoms with Crippen molar-refractivity contribution in [3.05, 3.63) is 125 Å². The molecule has 8 atom stereocenters. The number of rotatable bonds is 37. The molecule has 0 bridgehead atoms. The Morgan fingerprint density at radius 2 is 1.16 bits per heavy atom. The van der Waals surface area contributed by atoms with Gasteiger partial charge in [-0.15, -0.1) is 0 Å². The highest BCUT2D eigenvalue weighted by Gasteiger charge is 2.40. The van der Waals surface area contributed by atoms with Crippen LogP contribution in [-0.2, 0) is 83.4 Å². The zero-order valence-corrected chi connectivity index (χ0v) is 55.8. The quantitative estimate of drug-likeness (QED) is 0.0400. The molecule has 1 fully saturated rings. The van der Waals surface area contributed by atoms with Crippen molar-refractivity contribution in [1.82, 2.24) is 40.9 Å². The van der Waals surface area contributed by atoms with E-state index >= 15 is 0 Å². The standard InChI is InChI=1S/C66H91N9O14S2/c1-42(61(67)79)69-64(82)60(44(3)86-8)74(6)58(78)31-34-90-40-48-14-12-15-49(36-48)41-91-35-32-68-62(80)54-16-13-33-75(54)65(83)53(37-46-19-26-51(88-10)27-20-46)70-63(81)59(43(2)85-7)71-56(76)39-72(4)66(84)55(38-47-21-28-52(89-11)29-22-47)73(5)57(77)30-23-45-17-24-50(87-9)25-18-45/h12,14-15,17-22,24-29,36,42-44,53-55,59-60H,13,16,23,30-35,37-41H2,1-11H3,(H2,67,79)(H,68,80)(H,69,82)(H,70,81)(H,71,76)/t42-,43+,44+,53-,54?,55-,59?,60?/m0/s1. The van der Waals surface area contributed by atoms with Crippen LogP contribution in [0.3, 0.4) is 0 Å². The van der Waals surface area contributed by atoms with Crippen LogP contribution in [0.1, 0.15) is 74.3 Å². The van der Waals surface area contributed by atoms with Crippen LogP contribution in [0.25, 0.3) is 0 Å². The lowest BCUT2D eigenvalue weighted by Crippen LogP contribution is -2.60. The van der Waals surface area contributed by atoms with E-state index < -0.39 is 90.4 Å². The van der Waals surface area contributed by atoms with E-state index in [1.54, 1.807) is 107 Å². The zero-order chi connectivity index (χ0) is 66.7. The van der Waals surface area contributed by atoms with Crippen molar-refractivity contribution in [2.24, 2.45) is 5.73 Å². The molecule has 6 N–H and O–H groups in total. The van der Waals surface area contributed by atoms with Gasteiger partial charge in [-0.1, -0.05) is 60.7 Å². The fourth-order valence-electron chi connectivity index (χ4n) is 10.3. The number of likely N-dealkylation sites (tertiary alicyclic amines) is 1. The third-order valence-electron chi connectivity index (χ3n) is 16.0. The highest BCUT2D eigenvalue weighted by atomic mass is 32.2. The van der Waals surface area contributed by atoms with Crippen molar-refractivity contribution < 1.29 is 66.8 Å². The molecular weight excluding hydrogens is 1210 g/mol. The maximum absolute atomic E-state index is 14.8. The van der Waals surface area contributed by atoms with Gasteiger partial charge in [0.25, 0.3) is 0 Å². The summed E-state index contributed by atoms with van der Waals surface area (Å²) in [4.78, 5) is 129. The summed E-state index contributed by atoms with van der Waals surface area (Å²) in [6, 6.07) is 23.4. The molecule has 91 heavy (non-hydrogen) atoms. The average Bonchev–Trinajstić information content (AvgIpc) is 2.01. The number of carbonyl (C=O) groups excluding carboxylic acids is 9. The third-order valence-corrected chi connectivity index (χ3v) is 18.0. The van der Waals surface area contributed by atoms with Crippen LogP contribution < -0.4 is 41.2 Å². The number of methoxy groups -OCH3 is 5. The summed E-state index contributed by atoms with van der Waals surface area (Å²) in [5, 5.41) is 11.2. The van der Waals surface area contributed by atoms with Gasteiger partial charge < -0.3 is 70.3 Å². The van der Waals surface area contributed by atoms with Gasteiger partial charge in [-0.2, -0.15) is 23.5 Å². The molecule has 3 unspecified atom stereocenters. The first-order valence-electron chi connectivity index (χ1n) is 30.2. The molecule has 0 aliphatic carbocycles. The Balaban J connectivity index is 1.18. The molecule has 1 aliphatic rings. The molecule has 0 radical (unpaired) electrons. The van der Waals surface area contributed by atoms with Crippen molar-refractivity contribution >= 4 is 76.7 Å². The lowest BCUT2D eigenvalue weighted by molar-refractivity contribution is -0.145. The van der Waals surface area contributed by atoms with Gasteiger partial charge in [0.15, 0.2) is 0 Å². The number of nitrogens with one attached hydrogen (secondary N) is 4. The minimum Gasteiger partial charge on any atom is -0.497 e. The van der Waals surface area contributed by atoms with Gasteiger partial charge in [0.1, 0.15) is 53.5 Å². The van der Waals surface area contributed by atoms with Gasteiger partial charge in [0, 0.05) is 97.1 Å². The molecule has 0 aromatic heterocycles. The number of amides is 9. The Morgan fingerprint density at radius 1 is 0.626 bits per heavy atom. The summed E-state index contributed by atoms with van der Waals surface area (Å²) in [7, 11) is 12.0. The number of nitrogens with zero attached hydrogens (tertiary/aromatic N) is 4. The van der Waals surface area contributed by atoms with Crippen molar-refractivity contribution in [2.75, 3.05) is 87.8 Å². The fraction of sp³-hybridized carbons (Fsp3) is 0.500. The minimum absolute atomic E-state index is 0.0338. The highest BCUT2D eigenvalue weighted by molar-refractivity contribution is 7.98. The van der Waals surface area contributed by atoms with E-state index in [1.807, 2.05) is 42.5 Å². The Labute approximate surface area is 543 Å². The SMILES string of the molecule is COc1ccc(CCC(=O)N(C)[C@@H](Cc2ccc(OC)cc2)C(=O)N(C)CC(=O)NC(C(=O)N[C@@H](Cc2ccc(OC)cc2)C(=O)N2CCCC2C(=O)NCCSCc2cccc(CSCCC(=O)N(C)C(C(=O)N[C@@H](C)C(N)=O)[C@@H](C)OC)c2)[C@@H](C)OC)cc1. The van der Waals surface area contributed by atoms with Crippen LogP contribution in [0.2, 0.25) is 0 Å². The molecule has 5 rings (SSSR count). The predicted molar refractivity (Wildman–Crippen MR) is 350 cm³/mol. The molecule has 1 saturated heterocycles. The van der Waals surface area contributed by atoms with Crippen molar-refractivity contribution in [2.45, 2.75) is 126 Å². The number of primary amides is 1. The fourth-order valence-corrected chi connectivity index (χ4v) is 12.0. The first kappa shape index (κ1) is 73.9. The molecule has 0 spiro atoms. The number of carbonyl (C=O) groups is 9. The average molecular weight is 1300 g/mol. The van der Waals surface area contributed by atoms with Gasteiger partial charge in [0.2, 0.25) is 53.2 Å². The molecule has 4 aromatic carbocycles. The van der Waals surface area contributed by atoms with E-state index in [1.165, 1.54) is 61.9 Å².